The number of rotatable bonds is 15. The van der Waals surface area contributed by atoms with Crippen LogP contribution in [0.15, 0.2) is 72.8 Å². The van der Waals surface area contributed by atoms with Crippen molar-refractivity contribution >= 4 is 23.2 Å². The number of unbranched alkanes of at least 4 members (excludes halogenated alkanes) is 3. The highest BCUT2D eigenvalue weighted by atomic mass is 16.7. The molecular weight excluding hydrogens is 616 g/mol. The highest BCUT2D eigenvalue weighted by Gasteiger charge is 2.33. The summed E-state index contributed by atoms with van der Waals surface area (Å²) >= 11 is 0. The van der Waals surface area contributed by atoms with Crippen LogP contribution in [0.4, 0.5) is 11.4 Å². The molecule has 2 heterocycles. The molecule has 3 unspecified atom stereocenters. The molecule has 0 aromatic heterocycles. The summed E-state index contributed by atoms with van der Waals surface area (Å²) in [6.07, 6.45) is 10.9. The smallest absolute Gasteiger partial charge is 0.224 e. The number of benzene rings is 3. The van der Waals surface area contributed by atoms with Crippen LogP contribution in [0.25, 0.3) is 0 Å². The van der Waals surface area contributed by atoms with Gasteiger partial charge in [0.25, 0.3) is 0 Å². The Labute approximate surface area is 291 Å². The lowest BCUT2D eigenvalue weighted by Gasteiger charge is -2.38. The molecule has 0 saturated carbocycles. The summed E-state index contributed by atoms with van der Waals surface area (Å²) in [7, 11) is 0. The third kappa shape index (κ3) is 12.0. The number of anilines is 2. The first-order valence-corrected chi connectivity index (χ1v) is 18.2. The van der Waals surface area contributed by atoms with Gasteiger partial charge in [0.05, 0.1) is 30.2 Å². The van der Waals surface area contributed by atoms with Crippen molar-refractivity contribution in [3.63, 3.8) is 0 Å². The number of hydrogen-bond acceptors (Lipinski definition) is 7. The number of amides is 2. The molecule has 0 bridgehead atoms. The van der Waals surface area contributed by atoms with Gasteiger partial charge in [-0.3, -0.25) is 9.59 Å². The second-order valence-corrected chi connectivity index (χ2v) is 13.5. The van der Waals surface area contributed by atoms with Gasteiger partial charge in [0.1, 0.15) is 0 Å². The largest absolute Gasteiger partial charge is 0.397 e. The first-order valence-electron chi connectivity index (χ1n) is 18.2. The number of aliphatic hydroxyl groups is 1. The average molecular weight is 671 g/mol. The molecule has 9 heteroatoms. The van der Waals surface area contributed by atoms with Crippen LogP contribution in [0, 0.1) is 0 Å². The number of carbonyl (C=O) groups is 2. The van der Waals surface area contributed by atoms with Gasteiger partial charge in [-0.15, -0.1) is 0 Å². The lowest BCUT2D eigenvalue weighted by atomic mass is 9.99. The number of carbonyl (C=O) groups excluding carboxylic acids is 2. The molecule has 0 spiro atoms. The van der Waals surface area contributed by atoms with Crippen LogP contribution in [0.3, 0.4) is 0 Å². The van der Waals surface area contributed by atoms with Crippen molar-refractivity contribution in [1.82, 2.24) is 10.2 Å². The zero-order valence-electron chi connectivity index (χ0n) is 28.8. The van der Waals surface area contributed by atoms with Gasteiger partial charge in [-0.2, -0.15) is 0 Å². The average Bonchev–Trinajstić information content (AvgIpc) is 3.11. The molecule has 264 valence electrons. The second kappa shape index (κ2) is 19.4. The molecule has 2 amide bonds. The fraction of sp³-hybridized carbons (Fsp3) is 0.500. The Balaban J connectivity index is 1.06. The molecule has 2 aliphatic heterocycles. The van der Waals surface area contributed by atoms with Gasteiger partial charge in [0.15, 0.2) is 6.29 Å². The number of para-hydroxylation sites is 2. The van der Waals surface area contributed by atoms with Crippen molar-refractivity contribution in [1.29, 1.82) is 0 Å². The van der Waals surface area contributed by atoms with Gasteiger partial charge in [-0.25, -0.2) is 0 Å². The van der Waals surface area contributed by atoms with Crippen LogP contribution in [0.1, 0.15) is 112 Å². The van der Waals surface area contributed by atoms with Crippen LogP contribution in [-0.2, 0) is 32.2 Å². The number of nitrogens with zero attached hydrogens (tertiary/aromatic N) is 1. The fourth-order valence-electron chi connectivity index (χ4n) is 6.65. The highest BCUT2D eigenvalue weighted by molar-refractivity contribution is 5.93. The Morgan fingerprint density at radius 2 is 1.39 bits per heavy atom. The molecule has 0 aliphatic carbocycles. The number of hydrogen-bond donors (Lipinski definition) is 4. The molecular formula is C40H54N4O5. The quantitative estimate of drug-likeness (QED) is 0.0998. The third-order valence-corrected chi connectivity index (χ3v) is 9.56. The van der Waals surface area contributed by atoms with Crippen molar-refractivity contribution in [3.8, 4) is 0 Å². The molecule has 2 fully saturated rings. The predicted molar refractivity (Wildman–Crippen MR) is 193 cm³/mol. The molecule has 2 aliphatic rings. The molecule has 9 nitrogen and oxygen atoms in total. The first kappa shape index (κ1) is 36.5. The molecule has 3 atom stereocenters. The Morgan fingerprint density at radius 3 is 2.08 bits per heavy atom. The zero-order valence-corrected chi connectivity index (χ0v) is 28.8. The van der Waals surface area contributed by atoms with Crippen molar-refractivity contribution in [2.45, 2.75) is 109 Å². The maximum absolute atomic E-state index is 12.5. The summed E-state index contributed by atoms with van der Waals surface area (Å²) in [5.74, 6) is -0.0120. The molecule has 3 aromatic rings. The number of likely N-dealkylation sites (tertiary alicyclic amines) is 1. The predicted octanol–water partition coefficient (Wildman–Crippen LogP) is 7.17. The van der Waals surface area contributed by atoms with E-state index in [1.54, 1.807) is 12.1 Å². The minimum atomic E-state index is -0.484. The second-order valence-electron chi connectivity index (χ2n) is 13.5. The van der Waals surface area contributed by atoms with Crippen molar-refractivity contribution < 1.29 is 24.2 Å². The number of nitrogen functional groups attached to an aromatic ring is 1. The number of nitrogens with one attached hydrogen (secondary N) is 2. The normalized spacial score (nSPS) is 20.2. The van der Waals surface area contributed by atoms with Gasteiger partial charge >= 0.3 is 0 Å². The maximum atomic E-state index is 12.5. The summed E-state index contributed by atoms with van der Waals surface area (Å²) in [5, 5.41) is 15.4. The van der Waals surface area contributed by atoms with E-state index in [1.165, 1.54) is 32.1 Å². The van der Waals surface area contributed by atoms with E-state index in [0.717, 1.165) is 74.0 Å². The standard InChI is InChI=1S/C40H54N4O5/c41-35-12-8-9-13-36(35)43-39(47)15-7-3-2-6-14-38(46)42-27-30-16-22-33(23-17-30)40-48-34(28-44-24-10-4-1-5-11-25-44)26-37(49-40)32-20-18-31(29-45)19-21-32/h8-9,12-13,16-23,34,37,40,45H,1-7,10-11,14-15,24-29,41H2,(H,42,46)(H,43,47). The molecule has 0 radical (unpaired) electrons. The summed E-state index contributed by atoms with van der Waals surface area (Å²) < 4.78 is 13.1. The van der Waals surface area contributed by atoms with E-state index >= 15 is 0 Å². The number of ether oxygens (including phenoxy) is 2. The van der Waals surface area contributed by atoms with E-state index in [1.807, 2.05) is 48.5 Å². The Hall–Kier alpha value is -3.76. The topological polar surface area (TPSA) is 126 Å². The molecule has 3 aromatic carbocycles. The van der Waals surface area contributed by atoms with Crippen LogP contribution in [0.2, 0.25) is 0 Å². The SMILES string of the molecule is Nc1ccccc1NC(=O)CCCCCCC(=O)NCc1ccc(C2OC(CN3CCCCCCC3)CC(c3ccc(CO)cc3)O2)cc1. The Morgan fingerprint density at radius 1 is 0.755 bits per heavy atom. The zero-order chi connectivity index (χ0) is 34.3. The number of nitrogens with two attached hydrogens (primary N) is 1. The number of aliphatic hydroxyl groups excluding tert-OH is 1. The van der Waals surface area contributed by atoms with Crippen molar-refractivity contribution in [3.05, 3.63) is 95.1 Å². The minimum absolute atomic E-state index is 0.0237. The van der Waals surface area contributed by atoms with Gasteiger partial charge < -0.3 is 35.8 Å². The van der Waals surface area contributed by atoms with E-state index < -0.39 is 6.29 Å². The summed E-state index contributed by atoms with van der Waals surface area (Å²) in [6, 6.07) is 23.4. The van der Waals surface area contributed by atoms with E-state index in [-0.39, 0.29) is 30.6 Å². The van der Waals surface area contributed by atoms with Gasteiger partial charge in [0.2, 0.25) is 11.8 Å². The molecule has 49 heavy (non-hydrogen) atoms. The van der Waals surface area contributed by atoms with E-state index in [4.69, 9.17) is 15.2 Å². The molecule has 2 saturated heterocycles. The van der Waals surface area contributed by atoms with E-state index in [2.05, 4.69) is 27.7 Å². The summed E-state index contributed by atoms with van der Waals surface area (Å²) in [4.78, 5) is 27.3. The third-order valence-electron chi connectivity index (χ3n) is 9.56. The van der Waals surface area contributed by atoms with Gasteiger partial charge in [-0.05, 0) is 67.6 Å². The first-order chi connectivity index (χ1) is 24.0. The monoisotopic (exact) mass is 670 g/mol. The van der Waals surface area contributed by atoms with Crippen LogP contribution in [-0.4, -0.2) is 47.6 Å². The summed E-state index contributed by atoms with van der Waals surface area (Å²) in [6.45, 7) is 3.62. The summed E-state index contributed by atoms with van der Waals surface area (Å²) in [5.41, 5.74) is 11.1. The van der Waals surface area contributed by atoms with Crippen molar-refractivity contribution in [2.24, 2.45) is 0 Å². The Bertz CT molecular complexity index is 1440. The van der Waals surface area contributed by atoms with Crippen LogP contribution in [0.5, 0.6) is 0 Å². The van der Waals surface area contributed by atoms with Crippen LogP contribution < -0.4 is 16.4 Å². The van der Waals surface area contributed by atoms with Crippen molar-refractivity contribution in [2.75, 3.05) is 30.7 Å². The van der Waals surface area contributed by atoms with E-state index in [9.17, 15) is 14.7 Å². The Kier molecular flexibility index (Phi) is 14.5. The van der Waals surface area contributed by atoms with E-state index in [0.29, 0.717) is 30.8 Å². The molecule has 5 rings (SSSR count). The fourth-order valence-corrected chi connectivity index (χ4v) is 6.65. The highest BCUT2D eigenvalue weighted by Crippen LogP contribution is 2.38. The lowest BCUT2D eigenvalue weighted by molar-refractivity contribution is -0.253. The van der Waals surface area contributed by atoms with Gasteiger partial charge in [0, 0.05) is 37.9 Å². The van der Waals surface area contributed by atoms with Gasteiger partial charge in [-0.1, -0.05) is 92.8 Å². The minimum Gasteiger partial charge on any atom is -0.397 e. The van der Waals surface area contributed by atoms with Crippen LogP contribution >= 0.6 is 0 Å². The molecule has 5 N–H and O–H groups in total. The maximum Gasteiger partial charge on any atom is 0.224 e. The lowest BCUT2D eigenvalue weighted by Crippen LogP contribution is -2.40.